The second kappa shape index (κ2) is 5.97. The van der Waals surface area contributed by atoms with Crippen LogP contribution in [-0.2, 0) is 0 Å². The van der Waals surface area contributed by atoms with Crippen LogP contribution in [0.1, 0.15) is 24.4 Å². The van der Waals surface area contributed by atoms with E-state index < -0.39 is 0 Å². The van der Waals surface area contributed by atoms with Crippen LogP contribution in [0.5, 0.6) is 0 Å². The third kappa shape index (κ3) is 3.14. The van der Waals surface area contributed by atoms with Crippen molar-refractivity contribution in [1.29, 1.82) is 0 Å². The maximum absolute atomic E-state index is 12.9. The lowest BCUT2D eigenvalue weighted by Crippen LogP contribution is -2.06. The van der Waals surface area contributed by atoms with Crippen molar-refractivity contribution < 1.29 is 8.81 Å². The minimum atomic E-state index is -0.266. The highest BCUT2D eigenvalue weighted by Gasteiger charge is 2.14. The van der Waals surface area contributed by atoms with Crippen molar-refractivity contribution in [2.75, 3.05) is 5.32 Å². The molecule has 0 unspecified atom stereocenters. The zero-order valence-corrected chi connectivity index (χ0v) is 12.4. The molecule has 0 amide bonds. The molecule has 0 radical (unpaired) electrons. The number of benzene rings is 2. The number of nitrogens with zero attached hydrogens (tertiary/aromatic N) is 2. The van der Waals surface area contributed by atoms with E-state index in [9.17, 15) is 4.39 Å². The molecule has 4 nitrogen and oxygen atoms in total. The van der Waals surface area contributed by atoms with E-state index in [1.54, 1.807) is 12.1 Å². The average molecular weight is 297 g/mol. The summed E-state index contributed by atoms with van der Waals surface area (Å²) >= 11 is 0. The van der Waals surface area contributed by atoms with Gasteiger partial charge in [0, 0.05) is 11.3 Å². The number of hydrogen-bond acceptors (Lipinski definition) is 4. The third-order valence-electron chi connectivity index (χ3n) is 3.34. The molecule has 0 saturated heterocycles. The van der Waals surface area contributed by atoms with Crippen molar-refractivity contribution in [3.05, 3.63) is 65.8 Å². The summed E-state index contributed by atoms with van der Waals surface area (Å²) in [6, 6.07) is 13.9. The van der Waals surface area contributed by atoms with Crippen LogP contribution in [0.25, 0.3) is 11.5 Å². The molecule has 1 aromatic heterocycles. The first-order valence-corrected chi connectivity index (χ1v) is 7.04. The summed E-state index contributed by atoms with van der Waals surface area (Å²) in [5.41, 5.74) is 2.86. The van der Waals surface area contributed by atoms with Crippen LogP contribution in [0.3, 0.4) is 0 Å². The molecule has 3 aromatic rings. The van der Waals surface area contributed by atoms with E-state index in [-0.39, 0.29) is 11.9 Å². The lowest BCUT2D eigenvalue weighted by Gasteiger charge is -2.10. The van der Waals surface area contributed by atoms with Gasteiger partial charge in [-0.3, -0.25) is 0 Å². The third-order valence-corrected chi connectivity index (χ3v) is 3.34. The number of nitrogens with one attached hydrogen (secondary N) is 1. The zero-order valence-electron chi connectivity index (χ0n) is 12.4. The van der Waals surface area contributed by atoms with Crippen LogP contribution < -0.4 is 5.32 Å². The van der Waals surface area contributed by atoms with Gasteiger partial charge in [0.25, 0.3) is 0 Å². The van der Waals surface area contributed by atoms with Crippen LogP contribution >= 0.6 is 0 Å². The maximum Gasteiger partial charge on any atom is 0.247 e. The summed E-state index contributed by atoms with van der Waals surface area (Å²) in [5.74, 6) is 0.709. The van der Waals surface area contributed by atoms with Gasteiger partial charge in [-0.05, 0) is 50.2 Å². The lowest BCUT2D eigenvalue weighted by atomic mass is 10.1. The summed E-state index contributed by atoms with van der Waals surface area (Å²) in [4.78, 5) is 0. The van der Waals surface area contributed by atoms with Gasteiger partial charge in [0.05, 0.1) is 0 Å². The standard InChI is InChI=1S/C17H16FN3O/c1-11-3-5-13(6-4-11)17-21-20-16(22-17)12(2)19-15-9-7-14(18)8-10-15/h3-10,12,19H,1-2H3/t12-/m1/s1. The van der Waals surface area contributed by atoms with Gasteiger partial charge in [0.1, 0.15) is 11.9 Å². The average Bonchev–Trinajstić information content (AvgIpc) is 3.00. The number of rotatable bonds is 4. The summed E-state index contributed by atoms with van der Waals surface area (Å²) < 4.78 is 18.6. The summed E-state index contributed by atoms with van der Waals surface area (Å²) in [6.07, 6.45) is 0. The van der Waals surface area contributed by atoms with Gasteiger partial charge in [-0.1, -0.05) is 17.7 Å². The van der Waals surface area contributed by atoms with E-state index in [4.69, 9.17) is 4.42 Å². The van der Waals surface area contributed by atoms with Crippen LogP contribution in [0.2, 0.25) is 0 Å². The normalized spacial score (nSPS) is 12.1. The van der Waals surface area contributed by atoms with Gasteiger partial charge in [-0.15, -0.1) is 10.2 Å². The van der Waals surface area contributed by atoms with Crippen LogP contribution in [0.4, 0.5) is 10.1 Å². The number of aromatic nitrogens is 2. The first kappa shape index (κ1) is 14.3. The molecule has 0 saturated carbocycles. The fourth-order valence-corrected chi connectivity index (χ4v) is 2.08. The van der Waals surface area contributed by atoms with Crippen molar-refractivity contribution in [1.82, 2.24) is 10.2 Å². The molecule has 1 heterocycles. The molecule has 0 aliphatic heterocycles. The Hall–Kier alpha value is -2.69. The summed E-state index contributed by atoms with van der Waals surface area (Å²) in [6.45, 7) is 3.94. The SMILES string of the molecule is Cc1ccc(-c2nnc([C@@H](C)Nc3ccc(F)cc3)o2)cc1. The van der Waals surface area contributed by atoms with Crippen LogP contribution in [0, 0.1) is 12.7 Å². The smallest absolute Gasteiger partial charge is 0.247 e. The van der Waals surface area contributed by atoms with Gasteiger partial charge in [-0.25, -0.2) is 4.39 Å². The van der Waals surface area contributed by atoms with Gasteiger partial charge in [0.2, 0.25) is 11.8 Å². The van der Waals surface area contributed by atoms with Gasteiger partial charge in [-0.2, -0.15) is 0 Å². The van der Waals surface area contributed by atoms with E-state index >= 15 is 0 Å². The van der Waals surface area contributed by atoms with E-state index in [0.29, 0.717) is 11.8 Å². The molecular weight excluding hydrogens is 281 g/mol. The molecule has 0 fully saturated rings. The van der Waals surface area contributed by atoms with Gasteiger partial charge >= 0.3 is 0 Å². The van der Waals surface area contributed by atoms with Crippen LogP contribution in [-0.4, -0.2) is 10.2 Å². The second-order valence-electron chi connectivity index (χ2n) is 5.18. The van der Waals surface area contributed by atoms with Crippen molar-refractivity contribution >= 4 is 5.69 Å². The number of halogens is 1. The molecule has 3 rings (SSSR count). The van der Waals surface area contributed by atoms with Gasteiger partial charge in [0.15, 0.2) is 0 Å². The topological polar surface area (TPSA) is 51.0 Å². The Morgan fingerprint density at radius 1 is 1.00 bits per heavy atom. The number of hydrogen-bond donors (Lipinski definition) is 1. The van der Waals surface area contributed by atoms with Crippen molar-refractivity contribution in [3.8, 4) is 11.5 Å². The molecule has 112 valence electrons. The number of aryl methyl sites for hydroxylation is 1. The highest BCUT2D eigenvalue weighted by Crippen LogP contribution is 2.23. The quantitative estimate of drug-likeness (QED) is 0.777. The zero-order chi connectivity index (χ0) is 15.5. The van der Waals surface area contributed by atoms with E-state index in [0.717, 1.165) is 11.3 Å². The fraction of sp³-hybridized carbons (Fsp3) is 0.176. The first-order chi connectivity index (χ1) is 10.6. The minimum Gasteiger partial charge on any atom is -0.418 e. The summed E-state index contributed by atoms with van der Waals surface area (Å²) in [7, 11) is 0. The van der Waals surface area contributed by atoms with Crippen molar-refractivity contribution in [2.24, 2.45) is 0 Å². The van der Waals surface area contributed by atoms with E-state index in [1.807, 2.05) is 38.1 Å². The second-order valence-corrected chi connectivity index (χ2v) is 5.18. The Balaban J connectivity index is 1.75. The highest BCUT2D eigenvalue weighted by molar-refractivity contribution is 5.53. The summed E-state index contributed by atoms with van der Waals surface area (Å²) in [5, 5.41) is 11.3. The predicted octanol–water partition coefficient (Wildman–Crippen LogP) is 4.36. The molecule has 1 N–H and O–H groups in total. The molecule has 0 spiro atoms. The molecule has 1 atom stereocenters. The highest BCUT2D eigenvalue weighted by atomic mass is 19.1. The predicted molar refractivity (Wildman–Crippen MR) is 82.9 cm³/mol. The van der Waals surface area contributed by atoms with Gasteiger partial charge < -0.3 is 9.73 Å². The van der Waals surface area contributed by atoms with E-state index in [2.05, 4.69) is 15.5 Å². The molecular formula is C17H16FN3O. The molecule has 5 heteroatoms. The molecule has 0 aliphatic carbocycles. The first-order valence-electron chi connectivity index (χ1n) is 7.04. The van der Waals surface area contributed by atoms with Crippen molar-refractivity contribution in [3.63, 3.8) is 0 Å². The number of anilines is 1. The van der Waals surface area contributed by atoms with E-state index in [1.165, 1.54) is 17.7 Å². The Kier molecular flexibility index (Phi) is 3.87. The minimum absolute atomic E-state index is 0.169. The Labute approximate surface area is 128 Å². The fourth-order valence-electron chi connectivity index (χ4n) is 2.08. The largest absolute Gasteiger partial charge is 0.418 e. The monoisotopic (exact) mass is 297 g/mol. The van der Waals surface area contributed by atoms with Crippen molar-refractivity contribution in [2.45, 2.75) is 19.9 Å². The molecule has 22 heavy (non-hydrogen) atoms. The Morgan fingerprint density at radius 3 is 2.36 bits per heavy atom. The Morgan fingerprint density at radius 2 is 1.68 bits per heavy atom. The Bertz CT molecular complexity index is 750. The molecule has 2 aromatic carbocycles. The lowest BCUT2D eigenvalue weighted by molar-refractivity contribution is 0.485. The molecule has 0 aliphatic rings. The maximum atomic E-state index is 12.9. The van der Waals surface area contributed by atoms with Crippen LogP contribution in [0.15, 0.2) is 52.9 Å². The molecule has 0 bridgehead atoms.